The molecule has 1 aliphatic rings. The van der Waals surface area contributed by atoms with Crippen LogP contribution in [0.4, 0.5) is 16.4 Å². The summed E-state index contributed by atoms with van der Waals surface area (Å²) in [5.41, 5.74) is 8.79. The summed E-state index contributed by atoms with van der Waals surface area (Å²) in [5, 5.41) is 5.61. The number of hydrogen-bond donors (Lipinski definition) is 3. The lowest BCUT2D eigenvalue weighted by Gasteiger charge is -2.32. The number of primary amides is 1. The van der Waals surface area contributed by atoms with Gasteiger partial charge >= 0.3 is 6.03 Å². The summed E-state index contributed by atoms with van der Waals surface area (Å²) >= 11 is 0. The molecular formula is C21H27N7O2. The maximum absolute atomic E-state index is 12.6. The van der Waals surface area contributed by atoms with Gasteiger partial charge in [-0.05, 0) is 51.8 Å². The summed E-state index contributed by atoms with van der Waals surface area (Å²) in [4.78, 5) is 39.2. The van der Waals surface area contributed by atoms with E-state index < -0.39 is 6.03 Å². The minimum absolute atomic E-state index is 0.165. The van der Waals surface area contributed by atoms with Crippen LogP contribution in [0, 0.1) is 26.7 Å². The number of nitrogens with two attached hydrogens (primary N) is 1. The normalized spacial score (nSPS) is 15.0. The van der Waals surface area contributed by atoms with Crippen molar-refractivity contribution in [3.8, 4) is 0 Å². The van der Waals surface area contributed by atoms with Crippen LogP contribution in [-0.4, -0.2) is 45.9 Å². The van der Waals surface area contributed by atoms with E-state index in [1.54, 1.807) is 0 Å². The molecule has 1 aromatic heterocycles. The minimum Gasteiger partial charge on any atom is -0.369 e. The number of nitrogens with one attached hydrogen (secondary N) is 2. The number of amides is 3. The van der Waals surface area contributed by atoms with Crippen LogP contribution in [-0.2, 0) is 4.79 Å². The van der Waals surface area contributed by atoms with E-state index in [9.17, 15) is 9.59 Å². The molecule has 9 nitrogen and oxygen atoms in total. The smallest absolute Gasteiger partial charge is 0.326 e. The highest BCUT2D eigenvalue weighted by molar-refractivity contribution is 6.03. The number of guanidine groups is 1. The Morgan fingerprint density at radius 1 is 1.07 bits per heavy atom. The number of aromatic nitrogens is 2. The van der Waals surface area contributed by atoms with E-state index in [1.165, 1.54) is 0 Å². The third-order valence-corrected chi connectivity index (χ3v) is 4.91. The van der Waals surface area contributed by atoms with E-state index in [4.69, 9.17) is 5.73 Å². The number of nitrogens with zero attached hydrogens (tertiary/aromatic N) is 4. The average Bonchev–Trinajstić information content (AvgIpc) is 2.68. The lowest BCUT2D eigenvalue weighted by molar-refractivity contribution is -0.122. The molecule has 30 heavy (non-hydrogen) atoms. The zero-order valence-electron chi connectivity index (χ0n) is 17.5. The van der Waals surface area contributed by atoms with Crippen molar-refractivity contribution in [2.75, 3.05) is 18.4 Å². The third kappa shape index (κ3) is 5.76. The standard InChI is InChI=1S/C21H27N7O2/c1-13-4-6-17(7-5-13)25-21(30)27-20(26-19-23-14(2)12-15(3)24-19)28-10-8-16(9-11-28)18(22)29/h4-7,12,16H,8-11H2,1-3H3,(H2,22,29)(H2,23,24,25,26,27,30). The minimum atomic E-state index is -0.418. The lowest BCUT2D eigenvalue weighted by atomic mass is 9.96. The van der Waals surface area contributed by atoms with Crippen LogP contribution in [0.5, 0.6) is 0 Å². The molecule has 4 N–H and O–H groups in total. The SMILES string of the molecule is Cc1ccc(NC(=O)N/C(=N\c2nc(C)cc(C)n2)N2CCC(C(N)=O)CC2)cc1. The fraction of sp³-hybridized carbons (Fsp3) is 0.381. The van der Waals surface area contributed by atoms with Gasteiger partial charge < -0.3 is 16.0 Å². The van der Waals surface area contributed by atoms with Crippen LogP contribution in [0.25, 0.3) is 0 Å². The summed E-state index contributed by atoms with van der Waals surface area (Å²) < 4.78 is 0. The van der Waals surface area contributed by atoms with Crippen molar-refractivity contribution in [1.82, 2.24) is 20.2 Å². The van der Waals surface area contributed by atoms with Gasteiger partial charge in [-0.1, -0.05) is 17.7 Å². The number of benzene rings is 1. The van der Waals surface area contributed by atoms with Crippen molar-refractivity contribution in [3.63, 3.8) is 0 Å². The van der Waals surface area contributed by atoms with Gasteiger partial charge in [-0.15, -0.1) is 0 Å². The molecule has 158 valence electrons. The predicted octanol–water partition coefficient (Wildman–Crippen LogP) is 2.41. The molecule has 0 aliphatic carbocycles. The summed E-state index contributed by atoms with van der Waals surface area (Å²) in [6.45, 7) is 6.80. The number of likely N-dealkylation sites (tertiary alicyclic amines) is 1. The van der Waals surface area contributed by atoms with Crippen LogP contribution in [0.1, 0.15) is 29.8 Å². The first-order valence-corrected chi connectivity index (χ1v) is 9.90. The molecule has 3 rings (SSSR count). The van der Waals surface area contributed by atoms with Gasteiger partial charge in [-0.2, -0.15) is 4.99 Å². The first-order valence-electron chi connectivity index (χ1n) is 9.90. The quantitative estimate of drug-likeness (QED) is 0.530. The van der Waals surface area contributed by atoms with Crippen molar-refractivity contribution in [2.45, 2.75) is 33.6 Å². The van der Waals surface area contributed by atoms with Gasteiger partial charge in [0.2, 0.25) is 11.9 Å². The Kier molecular flexibility index (Phi) is 6.61. The van der Waals surface area contributed by atoms with Gasteiger partial charge in [-0.25, -0.2) is 14.8 Å². The molecule has 1 saturated heterocycles. The monoisotopic (exact) mass is 409 g/mol. The number of hydrogen-bond acceptors (Lipinski definition) is 5. The van der Waals surface area contributed by atoms with Crippen molar-refractivity contribution in [1.29, 1.82) is 0 Å². The maximum atomic E-state index is 12.6. The van der Waals surface area contributed by atoms with E-state index in [-0.39, 0.29) is 17.8 Å². The number of carbonyl (C=O) groups is 2. The molecule has 0 spiro atoms. The molecule has 2 aromatic rings. The molecule has 1 aromatic carbocycles. The molecule has 2 heterocycles. The first kappa shape index (κ1) is 21.2. The van der Waals surface area contributed by atoms with E-state index in [0.717, 1.165) is 17.0 Å². The number of aryl methyl sites for hydroxylation is 3. The van der Waals surface area contributed by atoms with Gasteiger partial charge in [0.05, 0.1) is 0 Å². The molecule has 0 atom stereocenters. The Balaban J connectivity index is 1.79. The third-order valence-electron chi connectivity index (χ3n) is 4.91. The van der Waals surface area contributed by atoms with Crippen molar-refractivity contribution < 1.29 is 9.59 Å². The summed E-state index contributed by atoms with van der Waals surface area (Å²) in [7, 11) is 0. The molecule has 0 radical (unpaired) electrons. The Bertz CT molecular complexity index is 928. The number of urea groups is 1. The van der Waals surface area contributed by atoms with Crippen LogP contribution < -0.4 is 16.4 Å². The predicted molar refractivity (Wildman–Crippen MR) is 115 cm³/mol. The summed E-state index contributed by atoms with van der Waals surface area (Å²) in [5.74, 6) is 0.153. The lowest BCUT2D eigenvalue weighted by Crippen LogP contribution is -2.49. The zero-order chi connectivity index (χ0) is 21.7. The zero-order valence-corrected chi connectivity index (χ0v) is 17.5. The molecule has 0 saturated carbocycles. The van der Waals surface area contributed by atoms with Crippen molar-refractivity contribution in [2.24, 2.45) is 16.6 Å². The Morgan fingerprint density at radius 2 is 1.67 bits per heavy atom. The second-order valence-corrected chi connectivity index (χ2v) is 7.49. The van der Waals surface area contributed by atoms with E-state index >= 15 is 0 Å². The van der Waals surface area contributed by atoms with Crippen molar-refractivity contribution >= 4 is 29.5 Å². The van der Waals surface area contributed by atoms with Gasteiger partial charge in [0.1, 0.15) is 0 Å². The largest absolute Gasteiger partial charge is 0.369 e. The summed E-state index contributed by atoms with van der Waals surface area (Å²) in [6.07, 6.45) is 1.20. The number of rotatable bonds is 3. The molecule has 3 amide bonds. The molecule has 0 unspecified atom stereocenters. The fourth-order valence-electron chi connectivity index (χ4n) is 3.31. The second kappa shape index (κ2) is 9.34. The van der Waals surface area contributed by atoms with Crippen molar-refractivity contribution in [3.05, 3.63) is 47.3 Å². The molecule has 9 heteroatoms. The maximum Gasteiger partial charge on any atom is 0.326 e. The highest BCUT2D eigenvalue weighted by Gasteiger charge is 2.26. The topological polar surface area (TPSA) is 126 Å². The fourth-order valence-corrected chi connectivity index (χ4v) is 3.31. The second-order valence-electron chi connectivity index (χ2n) is 7.49. The summed E-state index contributed by atoms with van der Waals surface area (Å²) in [6, 6.07) is 8.94. The highest BCUT2D eigenvalue weighted by Crippen LogP contribution is 2.18. The Morgan fingerprint density at radius 3 is 2.23 bits per heavy atom. The van der Waals surface area contributed by atoms with Gasteiger partial charge in [0, 0.05) is 36.1 Å². The highest BCUT2D eigenvalue weighted by atomic mass is 16.2. The first-order chi connectivity index (χ1) is 14.3. The molecule has 0 bridgehead atoms. The van der Waals surface area contributed by atoms with Gasteiger partial charge in [0.15, 0.2) is 0 Å². The van der Waals surface area contributed by atoms with E-state index in [2.05, 4.69) is 25.6 Å². The Hall–Kier alpha value is -3.49. The van der Waals surface area contributed by atoms with Crippen LogP contribution in [0.3, 0.4) is 0 Å². The average molecular weight is 409 g/mol. The molecule has 1 fully saturated rings. The van der Waals surface area contributed by atoms with E-state index in [1.807, 2.05) is 56.0 Å². The number of anilines is 1. The molecule has 1 aliphatic heterocycles. The van der Waals surface area contributed by atoms with E-state index in [0.29, 0.717) is 37.6 Å². The van der Waals surface area contributed by atoms with Crippen LogP contribution in [0.15, 0.2) is 35.3 Å². The number of aliphatic imine (C=N–C) groups is 1. The number of piperidine rings is 1. The number of carbonyl (C=O) groups excluding carboxylic acids is 2. The Labute approximate surface area is 175 Å². The van der Waals surface area contributed by atoms with Crippen LogP contribution >= 0.6 is 0 Å². The van der Waals surface area contributed by atoms with Gasteiger partial charge in [-0.3, -0.25) is 10.1 Å². The molecular weight excluding hydrogens is 382 g/mol. The van der Waals surface area contributed by atoms with Gasteiger partial charge in [0.25, 0.3) is 5.95 Å². The van der Waals surface area contributed by atoms with Crippen LogP contribution in [0.2, 0.25) is 0 Å².